The number of hydrogen-bond acceptors (Lipinski definition) is 4. The minimum absolute atomic E-state index is 0.224. The van der Waals surface area contributed by atoms with Crippen LogP contribution in [0.5, 0.6) is 11.5 Å². The number of hydrogen-bond donors (Lipinski definition) is 0. The number of ether oxygens (including phenoxy) is 2. The molecule has 0 spiro atoms. The van der Waals surface area contributed by atoms with Gasteiger partial charge in [0.15, 0.2) is 16.3 Å². The van der Waals surface area contributed by atoms with Gasteiger partial charge in [-0.1, -0.05) is 34.5 Å². The second kappa shape index (κ2) is 5.81. The maximum absolute atomic E-state index is 12.4. The number of aromatic nitrogens is 1. The van der Waals surface area contributed by atoms with Crippen LogP contribution in [0.15, 0.2) is 35.3 Å². The van der Waals surface area contributed by atoms with Gasteiger partial charge in [0, 0.05) is 34.8 Å². The van der Waals surface area contributed by atoms with Crippen molar-refractivity contribution < 1.29 is 14.3 Å². The van der Waals surface area contributed by atoms with E-state index in [1.54, 1.807) is 18.2 Å². The fourth-order valence-corrected chi connectivity index (χ4v) is 4.01. The SMILES string of the molecule is Cn1c(=NC(=O)c2cc(Cl)cc(Cl)c2)sc2cc3c(cc21)OCO3. The lowest BCUT2D eigenvalue weighted by molar-refractivity contribution is 0.0998. The van der Waals surface area contributed by atoms with Crippen molar-refractivity contribution in [1.29, 1.82) is 0 Å². The van der Waals surface area contributed by atoms with Gasteiger partial charge in [0.2, 0.25) is 6.79 Å². The summed E-state index contributed by atoms with van der Waals surface area (Å²) in [4.78, 5) is 17.2. The Morgan fingerprint density at radius 2 is 1.79 bits per heavy atom. The second-order valence-electron chi connectivity index (χ2n) is 5.19. The Morgan fingerprint density at radius 1 is 1.12 bits per heavy atom. The van der Waals surface area contributed by atoms with Crippen LogP contribution in [0.1, 0.15) is 10.4 Å². The Bertz CT molecular complexity index is 1040. The molecule has 0 aliphatic carbocycles. The molecule has 1 aliphatic heterocycles. The third kappa shape index (κ3) is 2.66. The van der Waals surface area contributed by atoms with E-state index in [0.717, 1.165) is 10.2 Å². The molecule has 0 fully saturated rings. The fraction of sp³-hybridized carbons (Fsp3) is 0.125. The molecule has 0 saturated heterocycles. The molecule has 0 saturated carbocycles. The van der Waals surface area contributed by atoms with Crippen LogP contribution < -0.4 is 14.3 Å². The number of nitrogens with zero attached hydrogens (tertiary/aromatic N) is 2. The number of aryl methyl sites for hydroxylation is 1. The molecule has 1 amide bonds. The summed E-state index contributed by atoms with van der Waals surface area (Å²) in [5.74, 6) is 0.987. The lowest BCUT2D eigenvalue weighted by Gasteiger charge is -1.99. The van der Waals surface area contributed by atoms with Crippen molar-refractivity contribution in [1.82, 2.24) is 4.57 Å². The van der Waals surface area contributed by atoms with Crippen LogP contribution in [0, 0.1) is 0 Å². The van der Waals surface area contributed by atoms with Gasteiger partial charge < -0.3 is 14.0 Å². The van der Waals surface area contributed by atoms with E-state index in [2.05, 4.69) is 4.99 Å². The highest BCUT2D eigenvalue weighted by Gasteiger charge is 2.17. The quantitative estimate of drug-likeness (QED) is 0.640. The van der Waals surface area contributed by atoms with Gasteiger partial charge >= 0.3 is 0 Å². The molecule has 0 radical (unpaired) electrons. The monoisotopic (exact) mass is 380 g/mol. The molecule has 24 heavy (non-hydrogen) atoms. The number of thiazole rings is 1. The van der Waals surface area contributed by atoms with E-state index in [4.69, 9.17) is 32.7 Å². The normalized spacial score (nSPS) is 13.7. The average molecular weight is 381 g/mol. The Kier molecular flexibility index (Phi) is 3.75. The summed E-state index contributed by atoms with van der Waals surface area (Å²) in [6.07, 6.45) is 0. The van der Waals surface area contributed by atoms with Crippen LogP contribution in [0.4, 0.5) is 0 Å². The molecule has 8 heteroatoms. The van der Waals surface area contributed by atoms with Gasteiger partial charge in [-0.3, -0.25) is 4.79 Å². The van der Waals surface area contributed by atoms with E-state index in [9.17, 15) is 4.79 Å². The number of halogens is 2. The molecule has 4 rings (SSSR count). The number of benzene rings is 2. The lowest BCUT2D eigenvalue weighted by Crippen LogP contribution is -2.13. The van der Waals surface area contributed by atoms with Crippen LogP contribution in [-0.2, 0) is 7.05 Å². The third-order valence-corrected chi connectivity index (χ3v) is 5.14. The molecule has 0 bridgehead atoms. The predicted octanol–water partition coefficient (Wildman–Crippen LogP) is 4.02. The van der Waals surface area contributed by atoms with Gasteiger partial charge in [0.1, 0.15) is 0 Å². The summed E-state index contributed by atoms with van der Waals surface area (Å²) in [7, 11) is 1.85. The summed E-state index contributed by atoms with van der Waals surface area (Å²) < 4.78 is 13.6. The molecule has 0 unspecified atom stereocenters. The van der Waals surface area contributed by atoms with Crippen LogP contribution >= 0.6 is 34.5 Å². The summed E-state index contributed by atoms with van der Waals surface area (Å²) in [6.45, 7) is 0.224. The van der Waals surface area contributed by atoms with E-state index in [0.29, 0.717) is 31.9 Å². The zero-order valence-corrected chi connectivity index (χ0v) is 14.7. The largest absolute Gasteiger partial charge is 0.454 e. The van der Waals surface area contributed by atoms with Gasteiger partial charge in [-0.2, -0.15) is 4.99 Å². The third-order valence-electron chi connectivity index (χ3n) is 3.61. The predicted molar refractivity (Wildman–Crippen MR) is 93.3 cm³/mol. The Hall–Kier alpha value is -2.02. The molecular weight excluding hydrogens is 371 g/mol. The maximum Gasteiger partial charge on any atom is 0.279 e. The number of rotatable bonds is 1. The highest BCUT2D eigenvalue weighted by atomic mass is 35.5. The van der Waals surface area contributed by atoms with E-state index in [-0.39, 0.29) is 6.79 Å². The smallest absolute Gasteiger partial charge is 0.279 e. The van der Waals surface area contributed by atoms with Crippen LogP contribution in [0.25, 0.3) is 10.2 Å². The molecule has 5 nitrogen and oxygen atoms in total. The second-order valence-corrected chi connectivity index (χ2v) is 7.07. The van der Waals surface area contributed by atoms with Crippen molar-refractivity contribution in [3.05, 3.63) is 50.7 Å². The number of amides is 1. The Labute approximate surface area is 150 Å². The minimum Gasteiger partial charge on any atom is -0.454 e. The van der Waals surface area contributed by atoms with Gasteiger partial charge in [0.05, 0.1) is 10.2 Å². The molecule has 2 heterocycles. The average Bonchev–Trinajstić information content (AvgIpc) is 3.09. The van der Waals surface area contributed by atoms with Crippen LogP contribution in [0.3, 0.4) is 0 Å². The molecule has 1 aliphatic rings. The Morgan fingerprint density at radius 3 is 2.50 bits per heavy atom. The van der Waals surface area contributed by atoms with Crippen molar-refractivity contribution in [2.24, 2.45) is 12.0 Å². The van der Waals surface area contributed by atoms with Crippen LogP contribution in [-0.4, -0.2) is 17.3 Å². The summed E-state index contributed by atoms with van der Waals surface area (Å²) in [6, 6.07) is 8.43. The van der Waals surface area contributed by atoms with Crippen molar-refractivity contribution >= 4 is 50.7 Å². The minimum atomic E-state index is -0.401. The summed E-state index contributed by atoms with van der Waals surface area (Å²) in [5, 5.41) is 0.792. The Balaban J connectivity index is 1.82. The van der Waals surface area contributed by atoms with Crippen LogP contribution in [0.2, 0.25) is 10.0 Å². The van der Waals surface area contributed by atoms with Crippen molar-refractivity contribution in [2.75, 3.05) is 6.79 Å². The van der Waals surface area contributed by atoms with Crippen molar-refractivity contribution in [3.63, 3.8) is 0 Å². The first-order chi connectivity index (χ1) is 11.5. The standard InChI is InChI=1S/C16H10Cl2N2O3S/c1-20-11-5-12-13(23-7-22-12)6-14(11)24-16(20)19-15(21)8-2-9(17)4-10(18)3-8/h2-6H,7H2,1H3. The van der Waals surface area contributed by atoms with Crippen molar-refractivity contribution in [3.8, 4) is 11.5 Å². The van der Waals surface area contributed by atoms with Gasteiger partial charge in [0.25, 0.3) is 5.91 Å². The molecule has 122 valence electrons. The van der Waals surface area contributed by atoms with Gasteiger partial charge in [-0.25, -0.2) is 0 Å². The van der Waals surface area contributed by atoms with E-state index >= 15 is 0 Å². The first-order valence-electron chi connectivity index (χ1n) is 6.95. The molecule has 2 aromatic carbocycles. The first-order valence-corrected chi connectivity index (χ1v) is 8.53. The zero-order valence-electron chi connectivity index (χ0n) is 12.4. The molecular formula is C16H10Cl2N2O3S. The number of carbonyl (C=O) groups excluding carboxylic acids is 1. The van der Waals surface area contributed by atoms with Gasteiger partial charge in [-0.05, 0) is 18.2 Å². The maximum atomic E-state index is 12.4. The number of carbonyl (C=O) groups is 1. The zero-order chi connectivity index (χ0) is 16.8. The first kappa shape index (κ1) is 15.5. The molecule has 1 aromatic heterocycles. The fourth-order valence-electron chi connectivity index (χ4n) is 2.45. The van der Waals surface area contributed by atoms with Crippen molar-refractivity contribution in [2.45, 2.75) is 0 Å². The van der Waals surface area contributed by atoms with E-state index in [1.165, 1.54) is 11.3 Å². The number of fused-ring (bicyclic) bond motifs is 2. The molecule has 0 N–H and O–H groups in total. The van der Waals surface area contributed by atoms with E-state index < -0.39 is 5.91 Å². The van der Waals surface area contributed by atoms with Gasteiger partial charge in [-0.15, -0.1) is 0 Å². The molecule has 3 aromatic rings. The highest BCUT2D eigenvalue weighted by Crippen LogP contribution is 2.36. The summed E-state index contributed by atoms with van der Waals surface area (Å²) >= 11 is 13.3. The lowest BCUT2D eigenvalue weighted by atomic mass is 10.2. The molecule has 0 atom stereocenters. The topological polar surface area (TPSA) is 52.8 Å². The van der Waals surface area contributed by atoms with E-state index in [1.807, 2.05) is 23.7 Å². The highest BCUT2D eigenvalue weighted by molar-refractivity contribution is 7.16. The summed E-state index contributed by atoms with van der Waals surface area (Å²) in [5.41, 5.74) is 1.26.